The number of hydrogen-bond acceptors (Lipinski definition) is 7. The second-order valence-electron chi connectivity index (χ2n) is 7.64. The summed E-state index contributed by atoms with van der Waals surface area (Å²) < 4.78 is 10.7. The smallest absolute Gasteiger partial charge is 0.417 e. The van der Waals surface area contributed by atoms with Gasteiger partial charge >= 0.3 is 6.09 Å². The number of pyridine rings is 1. The number of ether oxygens (including phenoxy) is 1. The Balaban J connectivity index is 1.59. The fraction of sp³-hybridized carbons (Fsp3) is 0.160. The third kappa shape index (κ3) is 5.44. The number of nitrogens with one attached hydrogen (secondary N) is 2. The maximum atomic E-state index is 12.9. The Labute approximate surface area is 196 Å². The number of nitrogens with zero attached hydrogens (tertiary/aromatic N) is 3. The van der Waals surface area contributed by atoms with Gasteiger partial charge in [-0.15, -0.1) is 10.2 Å². The van der Waals surface area contributed by atoms with Crippen LogP contribution in [0.3, 0.4) is 0 Å². The van der Waals surface area contributed by atoms with Crippen LogP contribution in [0.5, 0.6) is 5.75 Å². The predicted molar refractivity (Wildman–Crippen MR) is 125 cm³/mol. The van der Waals surface area contributed by atoms with Crippen LogP contribution in [0.4, 0.5) is 10.5 Å². The second-order valence-corrected chi connectivity index (χ2v) is 7.64. The monoisotopic (exact) mass is 457 g/mol. The molecule has 9 heteroatoms. The number of aromatic nitrogens is 3. The first-order chi connectivity index (χ1) is 16.4. The van der Waals surface area contributed by atoms with E-state index in [1.54, 1.807) is 32.0 Å². The average Bonchev–Trinajstić information content (AvgIpc) is 3.25. The summed E-state index contributed by atoms with van der Waals surface area (Å²) in [7, 11) is 0. The Morgan fingerprint density at radius 1 is 0.971 bits per heavy atom. The lowest BCUT2D eigenvalue weighted by Crippen LogP contribution is -2.25. The Hall–Kier alpha value is -4.53. The number of benzene rings is 2. The van der Waals surface area contributed by atoms with Crippen molar-refractivity contribution in [2.75, 3.05) is 5.32 Å². The summed E-state index contributed by atoms with van der Waals surface area (Å²) in [6, 6.07) is 18.1. The Bertz CT molecular complexity index is 1320. The highest BCUT2D eigenvalue weighted by Gasteiger charge is 2.19. The zero-order valence-corrected chi connectivity index (χ0v) is 19.0. The molecule has 172 valence electrons. The molecule has 0 radical (unpaired) electrons. The fourth-order valence-corrected chi connectivity index (χ4v) is 3.25. The molecule has 0 aliphatic rings. The molecule has 0 atom stereocenters. The number of hydrogen-bond donors (Lipinski definition) is 2. The molecule has 2 heterocycles. The normalized spacial score (nSPS) is 10.6. The summed E-state index contributed by atoms with van der Waals surface area (Å²) in [5, 5.41) is 13.1. The lowest BCUT2D eigenvalue weighted by atomic mass is 10.1. The molecular weight excluding hydrogens is 434 g/mol. The first-order valence-corrected chi connectivity index (χ1v) is 10.6. The Morgan fingerprint density at radius 3 is 2.38 bits per heavy atom. The van der Waals surface area contributed by atoms with Crippen molar-refractivity contribution in [3.63, 3.8) is 0 Å². The Morgan fingerprint density at radius 2 is 1.71 bits per heavy atom. The lowest BCUT2D eigenvalue weighted by molar-refractivity contribution is 0.0941. The van der Waals surface area contributed by atoms with Crippen LogP contribution in [-0.4, -0.2) is 27.2 Å². The van der Waals surface area contributed by atoms with Gasteiger partial charge in [0, 0.05) is 12.5 Å². The summed E-state index contributed by atoms with van der Waals surface area (Å²) in [4.78, 5) is 30.0. The molecule has 2 aromatic carbocycles. The molecule has 0 aliphatic carbocycles. The molecule has 2 amide bonds. The van der Waals surface area contributed by atoms with Crippen molar-refractivity contribution in [3.05, 3.63) is 89.3 Å². The highest BCUT2D eigenvalue weighted by atomic mass is 16.6. The highest BCUT2D eigenvalue weighted by molar-refractivity contribution is 5.97. The van der Waals surface area contributed by atoms with Gasteiger partial charge in [0.25, 0.3) is 5.91 Å². The minimum atomic E-state index is -0.661. The SMILES string of the molecule is Cc1ccc(OC(=O)Nc2cc(C)c(C(=O)NCc3nnc(C)o3)nc2-c2ccccc2)cc1. The minimum absolute atomic E-state index is 0.0738. The third-order valence-electron chi connectivity index (χ3n) is 4.91. The van der Waals surface area contributed by atoms with E-state index in [1.165, 1.54) is 0 Å². The predicted octanol–water partition coefficient (Wildman–Crippen LogP) is 4.60. The topological polar surface area (TPSA) is 119 Å². The summed E-state index contributed by atoms with van der Waals surface area (Å²) in [5.41, 5.74) is 3.43. The summed E-state index contributed by atoms with van der Waals surface area (Å²) >= 11 is 0. The largest absolute Gasteiger partial charge is 0.424 e. The molecule has 0 saturated carbocycles. The van der Waals surface area contributed by atoms with Gasteiger partial charge in [-0.05, 0) is 37.6 Å². The van der Waals surface area contributed by atoms with Gasteiger partial charge in [-0.3, -0.25) is 10.1 Å². The van der Waals surface area contributed by atoms with Crippen LogP contribution in [0.25, 0.3) is 11.3 Å². The summed E-state index contributed by atoms with van der Waals surface area (Å²) in [6.45, 7) is 5.44. The number of rotatable bonds is 6. The number of carbonyl (C=O) groups excluding carboxylic acids is 2. The van der Waals surface area contributed by atoms with E-state index in [4.69, 9.17) is 9.15 Å². The number of carbonyl (C=O) groups is 2. The van der Waals surface area contributed by atoms with Gasteiger partial charge in [-0.1, -0.05) is 48.0 Å². The third-order valence-corrected chi connectivity index (χ3v) is 4.91. The maximum absolute atomic E-state index is 12.9. The van der Waals surface area contributed by atoms with Gasteiger partial charge in [0.15, 0.2) is 0 Å². The van der Waals surface area contributed by atoms with Gasteiger partial charge in [-0.2, -0.15) is 0 Å². The summed E-state index contributed by atoms with van der Waals surface area (Å²) in [6.07, 6.45) is -0.661. The molecule has 0 saturated heterocycles. The zero-order chi connectivity index (χ0) is 24.1. The minimum Gasteiger partial charge on any atom is -0.424 e. The van der Waals surface area contributed by atoms with Crippen molar-refractivity contribution in [1.29, 1.82) is 0 Å². The molecule has 2 N–H and O–H groups in total. The van der Waals surface area contributed by atoms with Crippen LogP contribution >= 0.6 is 0 Å². The van der Waals surface area contributed by atoms with E-state index in [0.717, 1.165) is 11.1 Å². The van der Waals surface area contributed by atoms with Crippen molar-refractivity contribution in [3.8, 4) is 17.0 Å². The second kappa shape index (κ2) is 9.95. The van der Waals surface area contributed by atoms with Crippen LogP contribution in [0.1, 0.15) is 33.4 Å². The van der Waals surface area contributed by atoms with E-state index in [-0.39, 0.29) is 12.2 Å². The van der Waals surface area contributed by atoms with E-state index in [2.05, 4.69) is 25.8 Å². The number of aryl methyl sites for hydroxylation is 3. The standard InChI is InChI=1S/C25H23N5O4/c1-15-9-11-19(12-10-15)34-25(32)27-20-13-16(2)22(28-23(20)18-7-5-4-6-8-18)24(31)26-14-21-30-29-17(3)33-21/h4-13H,14H2,1-3H3,(H,26,31)(H,27,32). The van der Waals surface area contributed by atoms with E-state index in [9.17, 15) is 9.59 Å². The highest BCUT2D eigenvalue weighted by Crippen LogP contribution is 2.28. The molecule has 4 aromatic rings. The van der Waals surface area contributed by atoms with Crippen molar-refractivity contribution >= 4 is 17.7 Å². The molecule has 9 nitrogen and oxygen atoms in total. The molecule has 0 aliphatic heterocycles. The van der Waals surface area contributed by atoms with Crippen LogP contribution in [0.2, 0.25) is 0 Å². The number of anilines is 1. The van der Waals surface area contributed by atoms with Gasteiger partial charge in [0.2, 0.25) is 11.8 Å². The van der Waals surface area contributed by atoms with E-state index in [1.807, 2.05) is 49.4 Å². The van der Waals surface area contributed by atoms with Crippen molar-refractivity contribution < 1.29 is 18.7 Å². The fourth-order valence-electron chi connectivity index (χ4n) is 3.25. The molecule has 0 unspecified atom stereocenters. The molecule has 0 fully saturated rings. The maximum Gasteiger partial charge on any atom is 0.417 e. The Kier molecular flexibility index (Phi) is 6.63. The van der Waals surface area contributed by atoms with E-state index >= 15 is 0 Å². The first kappa shape index (κ1) is 22.7. The first-order valence-electron chi connectivity index (χ1n) is 10.6. The van der Waals surface area contributed by atoms with Crippen molar-refractivity contribution in [2.24, 2.45) is 0 Å². The molecule has 0 spiro atoms. The van der Waals surface area contributed by atoms with Crippen LogP contribution in [0.15, 0.2) is 65.1 Å². The molecular formula is C25H23N5O4. The van der Waals surface area contributed by atoms with Gasteiger partial charge in [-0.25, -0.2) is 9.78 Å². The van der Waals surface area contributed by atoms with Crippen molar-refractivity contribution in [1.82, 2.24) is 20.5 Å². The van der Waals surface area contributed by atoms with Gasteiger partial charge < -0.3 is 14.5 Å². The molecule has 34 heavy (non-hydrogen) atoms. The van der Waals surface area contributed by atoms with Crippen LogP contribution in [-0.2, 0) is 6.54 Å². The van der Waals surface area contributed by atoms with Crippen molar-refractivity contribution in [2.45, 2.75) is 27.3 Å². The van der Waals surface area contributed by atoms with Gasteiger partial charge in [0.1, 0.15) is 11.4 Å². The average molecular weight is 457 g/mol. The van der Waals surface area contributed by atoms with E-state index in [0.29, 0.717) is 34.5 Å². The summed E-state index contributed by atoms with van der Waals surface area (Å²) in [5.74, 6) is 0.724. The van der Waals surface area contributed by atoms with Crippen LogP contribution < -0.4 is 15.4 Å². The zero-order valence-electron chi connectivity index (χ0n) is 19.0. The molecule has 0 bridgehead atoms. The van der Waals surface area contributed by atoms with E-state index < -0.39 is 12.0 Å². The number of amides is 2. The van der Waals surface area contributed by atoms with Gasteiger partial charge in [0.05, 0.1) is 17.9 Å². The van der Waals surface area contributed by atoms with Crippen LogP contribution in [0, 0.1) is 20.8 Å². The lowest BCUT2D eigenvalue weighted by Gasteiger charge is -2.15. The molecule has 4 rings (SSSR count). The molecule has 2 aromatic heterocycles. The quantitative estimate of drug-likeness (QED) is 0.434.